The van der Waals surface area contributed by atoms with E-state index in [-0.39, 0.29) is 11.8 Å². The van der Waals surface area contributed by atoms with Crippen LogP contribution in [-0.2, 0) is 4.79 Å². The molecule has 0 spiro atoms. The molecule has 0 radical (unpaired) electrons. The van der Waals surface area contributed by atoms with Crippen molar-refractivity contribution >= 4 is 28.9 Å². The number of rotatable bonds is 3. The van der Waals surface area contributed by atoms with Crippen molar-refractivity contribution in [3.05, 3.63) is 23.2 Å². The quantitative estimate of drug-likeness (QED) is 0.779. The Labute approximate surface area is 94.6 Å². The number of nitrogens with two attached hydrogens (primary N) is 1. The third kappa shape index (κ3) is 3.13. The fraction of sp³-hybridized carbons (Fsp3) is 0.364. The Morgan fingerprint density at radius 2 is 2.27 bits per heavy atom. The van der Waals surface area contributed by atoms with Crippen LogP contribution < -0.4 is 11.1 Å². The standard InChI is InChI=1S/C11H15ClN2O/c1-3-7(2)11(15)14-10-6-8(12)4-5-9(10)13/h4-7H,3,13H2,1-2H3,(H,14,15). The molecule has 0 bridgehead atoms. The maximum Gasteiger partial charge on any atom is 0.227 e. The van der Waals surface area contributed by atoms with Crippen LogP contribution in [0.2, 0.25) is 5.02 Å². The summed E-state index contributed by atoms with van der Waals surface area (Å²) < 4.78 is 0. The van der Waals surface area contributed by atoms with Gasteiger partial charge < -0.3 is 11.1 Å². The van der Waals surface area contributed by atoms with Gasteiger partial charge in [-0.15, -0.1) is 0 Å². The molecule has 0 aliphatic rings. The largest absolute Gasteiger partial charge is 0.397 e. The molecular weight excluding hydrogens is 212 g/mol. The SMILES string of the molecule is CCC(C)C(=O)Nc1cc(Cl)ccc1N. The summed E-state index contributed by atoms with van der Waals surface area (Å²) in [5.74, 6) is -0.0603. The molecule has 1 aromatic carbocycles. The lowest BCUT2D eigenvalue weighted by Crippen LogP contribution is -2.20. The molecule has 0 heterocycles. The first kappa shape index (κ1) is 11.9. The first-order chi connectivity index (χ1) is 7.04. The Hall–Kier alpha value is -1.22. The number of halogens is 1. The second kappa shape index (κ2) is 5.03. The van der Waals surface area contributed by atoms with E-state index < -0.39 is 0 Å². The Balaban J connectivity index is 2.80. The minimum absolute atomic E-state index is 0.0246. The van der Waals surface area contributed by atoms with E-state index >= 15 is 0 Å². The summed E-state index contributed by atoms with van der Waals surface area (Å²) in [5.41, 5.74) is 6.81. The third-order valence-corrected chi connectivity index (χ3v) is 2.57. The summed E-state index contributed by atoms with van der Waals surface area (Å²) in [4.78, 5) is 11.6. The van der Waals surface area contributed by atoms with Crippen LogP contribution in [0.4, 0.5) is 11.4 Å². The van der Waals surface area contributed by atoms with E-state index in [1.807, 2.05) is 13.8 Å². The van der Waals surface area contributed by atoms with Crippen LogP contribution in [0.3, 0.4) is 0 Å². The van der Waals surface area contributed by atoms with E-state index in [4.69, 9.17) is 17.3 Å². The highest BCUT2D eigenvalue weighted by Crippen LogP contribution is 2.23. The Morgan fingerprint density at radius 1 is 1.60 bits per heavy atom. The molecule has 0 saturated carbocycles. The van der Waals surface area contributed by atoms with Crippen LogP contribution in [0.25, 0.3) is 0 Å². The monoisotopic (exact) mass is 226 g/mol. The summed E-state index contributed by atoms with van der Waals surface area (Å²) in [6.45, 7) is 3.83. The predicted molar refractivity (Wildman–Crippen MR) is 63.9 cm³/mol. The van der Waals surface area contributed by atoms with Gasteiger partial charge in [-0.25, -0.2) is 0 Å². The molecule has 0 aliphatic carbocycles. The van der Waals surface area contributed by atoms with Crippen molar-refractivity contribution in [2.75, 3.05) is 11.1 Å². The molecule has 1 aromatic rings. The maximum absolute atomic E-state index is 11.6. The number of nitrogens with one attached hydrogen (secondary N) is 1. The first-order valence-electron chi connectivity index (χ1n) is 4.90. The fourth-order valence-electron chi connectivity index (χ4n) is 1.08. The van der Waals surface area contributed by atoms with Gasteiger partial charge in [-0.1, -0.05) is 25.4 Å². The molecule has 3 nitrogen and oxygen atoms in total. The lowest BCUT2D eigenvalue weighted by atomic mass is 10.1. The highest BCUT2D eigenvalue weighted by atomic mass is 35.5. The number of hydrogen-bond donors (Lipinski definition) is 2. The Morgan fingerprint density at radius 3 is 2.87 bits per heavy atom. The molecule has 1 rings (SSSR count). The zero-order valence-corrected chi connectivity index (χ0v) is 9.64. The van der Waals surface area contributed by atoms with Gasteiger partial charge in [0.2, 0.25) is 5.91 Å². The van der Waals surface area contributed by atoms with Crippen molar-refractivity contribution in [1.29, 1.82) is 0 Å². The lowest BCUT2D eigenvalue weighted by Gasteiger charge is -2.11. The second-order valence-electron chi connectivity index (χ2n) is 3.53. The van der Waals surface area contributed by atoms with Crippen molar-refractivity contribution in [2.24, 2.45) is 5.92 Å². The van der Waals surface area contributed by atoms with Crippen LogP contribution in [0.5, 0.6) is 0 Å². The summed E-state index contributed by atoms with van der Waals surface area (Å²) in [7, 11) is 0. The average molecular weight is 227 g/mol. The highest BCUT2D eigenvalue weighted by molar-refractivity contribution is 6.31. The lowest BCUT2D eigenvalue weighted by molar-refractivity contribution is -0.119. The van der Waals surface area contributed by atoms with E-state index in [0.29, 0.717) is 16.4 Å². The zero-order chi connectivity index (χ0) is 11.4. The molecule has 4 heteroatoms. The summed E-state index contributed by atoms with van der Waals surface area (Å²) in [6, 6.07) is 5.02. The van der Waals surface area contributed by atoms with Crippen molar-refractivity contribution in [3.8, 4) is 0 Å². The van der Waals surface area contributed by atoms with E-state index in [9.17, 15) is 4.79 Å². The summed E-state index contributed by atoms with van der Waals surface area (Å²) in [6.07, 6.45) is 0.798. The van der Waals surface area contributed by atoms with Crippen LogP contribution in [0.1, 0.15) is 20.3 Å². The van der Waals surface area contributed by atoms with Crippen LogP contribution >= 0.6 is 11.6 Å². The Bertz CT molecular complexity index is 366. The van der Waals surface area contributed by atoms with Crippen molar-refractivity contribution in [1.82, 2.24) is 0 Å². The van der Waals surface area contributed by atoms with Gasteiger partial charge in [-0.05, 0) is 24.6 Å². The van der Waals surface area contributed by atoms with Crippen LogP contribution in [0, 0.1) is 5.92 Å². The fourth-order valence-corrected chi connectivity index (χ4v) is 1.25. The smallest absolute Gasteiger partial charge is 0.227 e. The molecular formula is C11H15ClN2O. The zero-order valence-electron chi connectivity index (χ0n) is 8.88. The van der Waals surface area contributed by atoms with Gasteiger partial charge in [0.1, 0.15) is 0 Å². The molecule has 3 N–H and O–H groups in total. The molecule has 1 unspecified atom stereocenters. The number of carbonyl (C=O) groups excluding carboxylic acids is 1. The average Bonchev–Trinajstić information content (AvgIpc) is 2.22. The van der Waals surface area contributed by atoms with Gasteiger partial charge >= 0.3 is 0 Å². The minimum Gasteiger partial charge on any atom is -0.397 e. The van der Waals surface area contributed by atoms with Gasteiger partial charge in [-0.3, -0.25) is 4.79 Å². The molecule has 0 saturated heterocycles. The van der Waals surface area contributed by atoms with Crippen molar-refractivity contribution < 1.29 is 4.79 Å². The molecule has 82 valence electrons. The maximum atomic E-state index is 11.6. The van der Waals surface area contributed by atoms with Crippen molar-refractivity contribution in [3.63, 3.8) is 0 Å². The predicted octanol–water partition coefficient (Wildman–Crippen LogP) is 2.91. The van der Waals surface area contributed by atoms with Crippen LogP contribution in [0.15, 0.2) is 18.2 Å². The second-order valence-corrected chi connectivity index (χ2v) is 3.97. The van der Waals surface area contributed by atoms with Crippen molar-refractivity contribution in [2.45, 2.75) is 20.3 Å². The topological polar surface area (TPSA) is 55.1 Å². The number of carbonyl (C=O) groups is 1. The molecule has 0 aromatic heterocycles. The summed E-state index contributed by atoms with van der Waals surface area (Å²) in [5, 5.41) is 3.31. The number of hydrogen-bond acceptors (Lipinski definition) is 2. The Kier molecular flexibility index (Phi) is 3.97. The molecule has 1 amide bonds. The number of nitrogen functional groups attached to an aromatic ring is 1. The van der Waals surface area contributed by atoms with Gasteiger partial charge in [0, 0.05) is 10.9 Å². The molecule has 1 atom stereocenters. The van der Waals surface area contributed by atoms with Gasteiger partial charge in [0.25, 0.3) is 0 Å². The molecule has 0 fully saturated rings. The van der Waals surface area contributed by atoms with E-state index in [1.165, 1.54) is 0 Å². The van der Waals surface area contributed by atoms with E-state index in [0.717, 1.165) is 6.42 Å². The van der Waals surface area contributed by atoms with Gasteiger partial charge in [0.05, 0.1) is 11.4 Å². The minimum atomic E-state index is -0.0357. The van der Waals surface area contributed by atoms with Gasteiger partial charge in [-0.2, -0.15) is 0 Å². The normalized spacial score (nSPS) is 12.2. The first-order valence-corrected chi connectivity index (χ1v) is 5.28. The number of amides is 1. The van der Waals surface area contributed by atoms with E-state index in [1.54, 1.807) is 18.2 Å². The highest BCUT2D eigenvalue weighted by Gasteiger charge is 2.11. The van der Waals surface area contributed by atoms with Crippen LogP contribution in [-0.4, -0.2) is 5.91 Å². The number of benzene rings is 1. The third-order valence-electron chi connectivity index (χ3n) is 2.33. The molecule has 0 aliphatic heterocycles. The van der Waals surface area contributed by atoms with Gasteiger partial charge in [0.15, 0.2) is 0 Å². The summed E-state index contributed by atoms with van der Waals surface area (Å²) >= 11 is 5.81. The van der Waals surface area contributed by atoms with E-state index in [2.05, 4.69) is 5.32 Å². The number of anilines is 2. The molecule has 15 heavy (non-hydrogen) atoms.